The number of hydrogen-bond acceptors (Lipinski definition) is 3. The molecule has 4 heteroatoms. The molecule has 2 saturated heterocycles. The molecule has 1 aromatic rings. The van der Waals surface area contributed by atoms with E-state index in [1.165, 1.54) is 43.7 Å². The van der Waals surface area contributed by atoms with Gasteiger partial charge in [-0.05, 0) is 74.4 Å². The largest absolute Gasteiger partial charge is 0.338 e. The van der Waals surface area contributed by atoms with Crippen LogP contribution in [0.1, 0.15) is 41.6 Å². The highest BCUT2D eigenvalue weighted by atomic mass is 32.2. The maximum absolute atomic E-state index is 12.7. The maximum atomic E-state index is 12.7. The summed E-state index contributed by atoms with van der Waals surface area (Å²) < 4.78 is 0. The molecular weight excluding hydrogens is 304 g/mol. The molecule has 0 radical (unpaired) electrons. The molecule has 0 unspecified atom stereocenters. The van der Waals surface area contributed by atoms with Gasteiger partial charge in [0.15, 0.2) is 0 Å². The van der Waals surface area contributed by atoms with Gasteiger partial charge in [-0.2, -0.15) is 11.8 Å². The van der Waals surface area contributed by atoms with Crippen LogP contribution in [-0.2, 0) is 6.54 Å². The Balaban J connectivity index is 1.58. The molecule has 126 valence electrons. The van der Waals surface area contributed by atoms with Crippen LogP contribution < -0.4 is 0 Å². The maximum Gasteiger partial charge on any atom is 0.253 e. The van der Waals surface area contributed by atoms with Crippen LogP contribution in [0.2, 0.25) is 0 Å². The fourth-order valence-electron chi connectivity index (χ4n) is 3.76. The van der Waals surface area contributed by atoms with Gasteiger partial charge in [0.1, 0.15) is 0 Å². The first-order chi connectivity index (χ1) is 11.3. The van der Waals surface area contributed by atoms with Crippen LogP contribution in [-0.4, -0.2) is 53.9 Å². The van der Waals surface area contributed by atoms with E-state index in [1.807, 2.05) is 23.9 Å². The Morgan fingerprint density at radius 1 is 1.13 bits per heavy atom. The molecule has 0 aromatic heterocycles. The van der Waals surface area contributed by atoms with Crippen molar-refractivity contribution < 1.29 is 4.79 Å². The summed E-state index contributed by atoms with van der Waals surface area (Å²) in [6.07, 6.45) is 7.20. The number of rotatable bonds is 5. The SMILES string of the molecule is CSC[C@H]1CCCN(C(=O)c2ccc(CN3CCCC3)cc2)C1. The predicted molar refractivity (Wildman–Crippen MR) is 98.0 cm³/mol. The highest BCUT2D eigenvalue weighted by Gasteiger charge is 2.24. The molecule has 1 atom stereocenters. The third-order valence-electron chi connectivity index (χ3n) is 5.01. The molecule has 0 N–H and O–H groups in total. The molecule has 0 bridgehead atoms. The minimum atomic E-state index is 0.212. The van der Waals surface area contributed by atoms with E-state index in [1.54, 1.807) is 0 Å². The standard InChI is InChI=1S/C19H28N2OS/c1-23-15-17-5-4-12-21(14-17)19(22)18-8-6-16(7-9-18)13-20-10-2-3-11-20/h6-9,17H,2-5,10-15H2,1H3/t17-/m0/s1. The summed E-state index contributed by atoms with van der Waals surface area (Å²) in [6, 6.07) is 8.31. The van der Waals surface area contributed by atoms with E-state index in [4.69, 9.17) is 0 Å². The van der Waals surface area contributed by atoms with Crippen molar-refractivity contribution in [2.75, 3.05) is 38.2 Å². The number of nitrogens with zero attached hydrogens (tertiary/aromatic N) is 2. The van der Waals surface area contributed by atoms with Crippen LogP contribution >= 0.6 is 11.8 Å². The summed E-state index contributed by atoms with van der Waals surface area (Å²) >= 11 is 1.89. The number of benzene rings is 1. The zero-order valence-corrected chi connectivity index (χ0v) is 15.0. The van der Waals surface area contributed by atoms with E-state index < -0.39 is 0 Å². The number of carbonyl (C=O) groups excluding carboxylic acids is 1. The third kappa shape index (κ3) is 4.51. The monoisotopic (exact) mass is 332 g/mol. The first-order valence-corrected chi connectivity index (χ1v) is 10.2. The number of hydrogen-bond donors (Lipinski definition) is 0. The lowest BCUT2D eigenvalue weighted by atomic mass is 9.99. The quantitative estimate of drug-likeness (QED) is 0.824. The minimum Gasteiger partial charge on any atom is -0.338 e. The summed E-state index contributed by atoms with van der Waals surface area (Å²) in [5, 5.41) is 0. The van der Waals surface area contributed by atoms with Gasteiger partial charge in [0.25, 0.3) is 5.91 Å². The zero-order valence-electron chi connectivity index (χ0n) is 14.2. The van der Waals surface area contributed by atoms with E-state index in [0.717, 1.165) is 31.6 Å². The van der Waals surface area contributed by atoms with Crippen molar-refractivity contribution in [1.29, 1.82) is 0 Å². The highest BCUT2D eigenvalue weighted by molar-refractivity contribution is 7.98. The van der Waals surface area contributed by atoms with Crippen molar-refractivity contribution in [1.82, 2.24) is 9.80 Å². The van der Waals surface area contributed by atoms with Gasteiger partial charge in [0.2, 0.25) is 0 Å². The van der Waals surface area contributed by atoms with Crippen LogP contribution in [0.4, 0.5) is 0 Å². The number of amides is 1. The van der Waals surface area contributed by atoms with Crippen molar-refractivity contribution in [3.8, 4) is 0 Å². The molecule has 2 aliphatic heterocycles. The molecule has 3 nitrogen and oxygen atoms in total. The molecule has 2 fully saturated rings. The Hall–Kier alpha value is -1.00. The Morgan fingerprint density at radius 3 is 2.57 bits per heavy atom. The molecule has 1 aromatic carbocycles. The van der Waals surface area contributed by atoms with Gasteiger partial charge < -0.3 is 4.90 Å². The van der Waals surface area contributed by atoms with Gasteiger partial charge in [-0.1, -0.05) is 12.1 Å². The molecule has 1 amide bonds. The first-order valence-electron chi connectivity index (χ1n) is 8.86. The molecular formula is C19H28N2OS. The topological polar surface area (TPSA) is 23.6 Å². The van der Waals surface area contributed by atoms with Crippen LogP contribution in [0.15, 0.2) is 24.3 Å². The van der Waals surface area contributed by atoms with E-state index in [0.29, 0.717) is 5.92 Å². The zero-order chi connectivity index (χ0) is 16.1. The molecule has 0 spiro atoms. The molecule has 2 heterocycles. The molecule has 2 aliphatic rings. The number of carbonyl (C=O) groups is 1. The predicted octanol–water partition coefficient (Wildman–Crippen LogP) is 3.50. The molecule has 3 rings (SSSR count). The van der Waals surface area contributed by atoms with Crippen LogP contribution in [0, 0.1) is 5.92 Å². The second-order valence-corrected chi connectivity index (χ2v) is 7.81. The Kier molecular flexibility index (Phi) is 6.01. The summed E-state index contributed by atoms with van der Waals surface area (Å²) in [7, 11) is 0. The van der Waals surface area contributed by atoms with Crippen molar-refractivity contribution in [2.45, 2.75) is 32.2 Å². The van der Waals surface area contributed by atoms with Gasteiger partial charge in [0, 0.05) is 25.2 Å². The van der Waals surface area contributed by atoms with E-state index in [9.17, 15) is 4.79 Å². The van der Waals surface area contributed by atoms with Crippen LogP contribution in [0.25, 0.3) is 0 Å². The second-order valence-electron chi connectivity index (χ2n) is 6.89. The molecule has 23 heavy (non-hydrogen) atoms. The molecule has 0 saturated carbocycles. The summed E-state index contributed by atoms with van der Waals surface area (Å²) in [6.45, 7) is 5.29. The first kappa shape index (κ1) is 16.8. The normalized spacial score (nSPS) is 22.5. The minimum absolute atomic E-state index is 0.212. The van der Waals surface area contributed by atoms with Crippen molar-refractivity contribution in [3.63, 3.8) is 0 Å². The average molecular weight is 333 g/mol. The van der Waals surface area contributed by atoms with Crippen molar-refractivity contribution >= 4 is 17.7 Å². The Bertz CT molecular complexity index is 509. The number of likely N-dealkylation sites (tertiary alicyclic amines) is 2. The second kappa shape index (κ2) is 8.20. The fraction of sp³-hybridized carbons (Fsp3) is 0.632. The Morgan fingerprint density at radius 2 is 1.87 bits per heavy atom. The van der Waals surface area contributed by atoms with E-state index >= 15 is 0 Å². The van der Waals surface area contributed by atoms with Crippen molar-refractivity contribution in [3.05, 3.63) is 35.4 Å². The number of piperidine rings is 1. The van der Waals surface area contributed by atoms with Gasteiger partial charge in [0.05, 0.1) is 0 Å². The van der Waals surface area contributed by atoms with Crippen LogP contribution in [0.3, 0.4) is 0 Å². The van der Waals surface area contributed by atoms with Crippen molar-refractivity contribution in [2.24, 2.45) is 5.92 Å². The van der Waals surface area contributed by atoms with E-state index in [-0.39, 0.29) is 5.91 Å². The fourth-order valence-corrected chi connectivity index (χ4v) is 4.50. The smallest absolute Gasteiger partial charge is 0.253 e. The summed E-state index contributed by atoms with van der Waals surface area (Å²) in [5.74, 6) is 2.04. The highest BCUT2D eigenvalue weighted by Crippen LogP contribution is 2.21. The summed E-state index contributed by atoms with van der Waals surface area (Å²) in [4.78, 5) is 17.3. The van der Waals surface area contributed by atoms with Crippen LogP contribution in [0.5, 0.6) is 0 Å². The molecule has 0 aliphatic carbocycles. The van der Waals surface area contributed by atoms with Gasteiger partial charge in [-0.3, -0.25) is 9.69 Å². The van der Waals surface area contributed by atoms with Gasteiger partial charge in [-0.25, -0.2) is 0 Å². The van der Waals surface area contributed by atoms with E-state index in [2.05, 4.69) is 28.2 Å². The lowest BCUT2D eigenvalue weighted by molar-refractivity contribution is 0.0685. The number of thioether (sulfide) groups is 1. The lowest BCUT2D eigenvalue weighted by Crippen LogP contribution is -2.40. The third-order valence-corrected chi connectivity index (χ3v) is 5.82. The average Bonchev–Trinajstić information content (AvgIpc) is 3.08. The Labute approximate surface area is 144 Å². The summed E-state index contributed by atoms with van der Waals surface area (Å²) in [5.41, 5.74) is 2.17. The van der Waals surface area contributed by atoms with Gasteiger partial charge >= 0.3 is 0 Å². The van der Waals surface area contributed by atoms with Gasteiger partial charge in [-0.15, -0.1) is 0 Å². The lowest BCUT2D eigenvalue weighted by Gasteiger charge is -2.32.